The van der Waals surface area contributed by atoms with Gasteiger partial charge >= 0.3 is 6.01 Å². The summed E-state index contributed by atoms with van der Waals surface area (Å²) in [5.41, 5.74) is 3.50. The number of Topliss-reactive ketones (excluding diaryl/α,β-unsaturated/α-hetero) is 1. The van der Waals surface area contributed by atoms with Crippen molar-refractivity contribution < 1.29 is 13.6 Å². The Morgan fingerprint density at radius 1 is 0.933 bits per heavy atom. The van der Waals surface area contributed by atoms with Crippen molar-refractivity contribution in [3.05, 3.63) is 88.6 Å². The van der Waals surface area contributed by atoms with Crippen LogP contribution >= 0.6 is 11.6 Å². The minimum absolute atomic E-state index is 0.0676. The SMILES string of the molecule is O=C1Cc2ccccc2C(c2ccccc2)=NC1Nc1nnc(-c2ccc(Cl)o2)o1. The number of benzene rings is 2. The third-order valence-electron chi connectivity index (χ3n) is 4.72. The number of carbonyl (C=O) groups is 1. The second-order valence-corrected chi connectivity index (χ2v) is 7.08. The molecule has 30 heavy (non-hydrogen) atoms. The van der Waals surface area contributed by atoms with E-state index in [1.807, 2.05) is 54.6 Å². The molecule has 1 N–H and O–H groups in total. The van der Waals surface area contributed by atoms with Gasteiger partial charge < -0.3 is 14.2 Å². The maximum absolute atomic E-state index is 12.9. The minimum atomic E-state index is -0.874. The number of nitrogens with zero attached hydrogens (tertiary/aromatic N) is 3. The predicted molar refractivity (Wildman–Crippen MR) is 112 cm³/mol. The van der Waals surface area contributed by atoms with Gasteiger partial charge in [-0.25, -0.2) is 0 Å². The first-order valence-corrected chi connectivity index (χ1v) is 9.65. The third kappa shape index (κ3) is 3.51. The number of hydrogen-bond donors (Lipinski definition) is 1. The highest BCUT2D eigenvalue weighted by Crippen LogP contribution is 2.26. The molecular weight excluding hydrogens is 404 g/mol. The fraction of sp³-hybridized carbons (Fsp3) is 0.0909. The van der Waals surface area contributed by atoms with Gasteiger partial charge in [0.15, 0.2) is 22.9 Å². The molecule has 1 aliphatic heterocycles. The topological polar surface area (TPSA) is 93.5 Å². The average Bonchev–Trinajstić information content (AvgIpc) is 3.38. The maximum Gasteiger partial charge on any atom is 0.317 e. The number of aliphatic imine (C=N–C) groups is 1. The molecule has 2 aromatic heterocycles. The Bertz CT molecular complexity index is 1250. The lowest BCUT2D eigenvalue weighted by Gasteiger charge is -2.11. The molecule has 0 aliphatic carbocycles. The predicted octanol–water partition coefficient (Wildman–Crippen LogP) is 4.38. The Morgan fingerprint density at radius 2 is 1.73 bits per heavy atom. The fourth-order valence-electron chi connectivity index (χ4n) is 3.33. The van der Waals surface area contributed by atoms with E-state index in [0.717, 1.165) is 22.4 Å². The van der Waals surface area contributed by atoms with Crippen LogP contribution in [0.3, 0.4) is 0 Å². The number of aromatic nitrogens is 2. The summed E-state index contributed by atoms with van der Waals surface area (Å²) in [4.78, 5) is 17.7. The smallest absolute Gasteiger partial charge is 0.317 e. The quantitative estimate of drug-likeness (QED) is 0.528. The Labute approximate surface area is 176 Å². The molecule has 0 bridgehead atoms. The molecule has 1 atom stereocenters. The number of halogens is 1. The normalized spacial score (nSPS) is 16.0. The van der Waals surface area contributed by atoms with Gasteiger partial charge in [-0.15, -0.1) is 5.10 Å². The molecule has 148 valence electrons. The molecule has 7 nitrogen and oxygen atoms in total. The first-order chi connectivity index (χ1) is 14.7. The molecule has 8 heteroatoms. The highest BCUT2D eigenvalue weighted by atomic mass is 35.5. The molecule has 0 saturated carbocycles. The van der Waals surface area contributed by atoms with Gasteiger partial charge in [0.1, 0.15) is 0 Å². The summed E-state index contributed by atoms with van der Waals surface area (Å²) in [6.45, 7) is 0. The largest absolute Gasteiger partial charge is 0.440 e. The molecule has 0 fully saturated rings. The molecular formula is C22H15ClN4O3. The number of nitrogens with one attached hydrogen (secondary N) is 1. The Balaban J connectivity index is 1.51. The van der Waals surface area contributed by atoms with Crippen LogP contribution in [-0.4, -0.2) is 27.9 Å². The summed E-state index contributed by atoms with van der Waals surface area (Å²) >= 11 is 5.79. The zero-order valence-electron chi connectivity index (χ0n) is 15.6. The first-order valence-electron chi connectivity index (χ1n) is 9.27. The number of anilines is 1. The summed E-state index contributed by atoms with van der Waals surface area (Å²) in [5, 5.41) is 11.1. The van der Waals surface area contributed by atoms with Gasteiger partial charge in [-0.1, -0.05) is 59.7 Å². The van der Waals surface area contributed by atoms with Gasteiger partial charge in [0.25, 0.3) is 5.89 Å². The van der Waals surface area contributed by atoms with E-state index in [1.54, 1.807) is 12.1 Å². The van der Waals surface area contributed by atoms with Gasteiger partial charge in [-0.3, -0.25) is 9.79 Å². The lowest BCUT2D eigenvalue weighted by atomic mass is 9.96. The van der Waals surface area contributed by atoms with Crippen LogP contribution in [0.15, 0.2) is 80.6 Å². The van der Waals surface area contributed by atoms with E-state index in [9.17, 15) is 4.79 Å². The Hall–Kier alpha value is -3.71. The molecule has 1 unspecified atom stereocenters. The van der Waals surface area contributed by atoms with Crippen LogP contribution in [0, 0.1) is 0 Å². The van der Waals surface area contributed by atoms with Crippen LogP contribution in [0.25, 0.3) is 11.7 Å². The molecule has 4 aromatic rings. The average molecular weight is 419 g/mol. The molecule has 1 aliphatic rings. The maximum atomic E-state index is 12.9. The molecule has 0 spiro atoms. The summed E-state index contributed by atoms with van der Waals surface area (Å²) in [6, 6.07) is 20.8. The number of rotatable bonds is 4. The number of furan rings is 1. The van der Waals surface area contributed by atoms with Crippen molar-refractivity contribution >= 4 is 29.1 Å². The lowest BCUT2D eigenvalue weighted by molar-refractivity contribution is -0.119. The third-order valence-corrected chi connectivity index (χ3v) is 4.92. The van der Waals surface area contributed by atoms with Gasteiger partial charge in [-0.2, -0.15) is 0 Å². The van der Waals surface area contributed by atoms with Gasteiger partial charge in [0.2, 0.25) is 0 Å². The van der Waals surface area contributed by atoms with Crippen molar-refractivity contribution in [1.29, 1.82) is 0 Å². The van der Waals surface area contributed by atoms with Crippen molar-refractivity contribution in [3.8, 4) is 11.7 Å². The highest BCUT2D eigenvalue weighted by molar-refractivity contribution is 6.29. The Morgan fingerprint density at radius 3 is 2.53 bits per heavy atom. The molecule has 0 amide bonds. The van der Waals surface area contributed by atoms with Crippen LogP contribution in [0.4, 0.5) is 6.01 Å². The van der Waals surface area contributed by atoms with Crippen LogP contribution in [-0.2, 0) is 11.2 Å². The van der Waals surface area contributed by atoms with E-state index in [2.05, 4.69) is 15.5 Å². The summed E-state index contributed by atoms with van der Waals surface area (Å²) in [5.74, 6) is 0.392. The van der Waals surface area contributed by atoms with Crippen LogP contribution in [0.2, 0.25) is 5.22 Å². The number of carbonyl (C=O) groups excluding carboxylic acids is 1. The lowest BCUT2D eigenvalue weighted by Crippen LogP contribution is -2.29. The van der Waals surface area contributed by atoms with Crippen molar-refractivity contribution in [2.75, 3.05) is 5.32 Å². The van der Waals surface area contributed by atoms with E-state index in [0.29, 0.717) is 5.76 Å². The molecule has 0 saturated heterocycles. The van der Waals surface area contributed by atoms with Gasteiger partial charge in [0, 0.05) is 17.5 Å². The summed E-state index contributed by atoms with van der Waals surface area (Å²) in [7, 11) is 0. The van der Waals surface area contributed by atoms with Crippen molar-refractivity contribution in [3.63, 3.8) is 0 Å². The van der Waals surface area contributed by atoms with E-state index in [1.165, 1.54) is 0 Å². The zero-order chi connectivity index (χ0) is 20.5. The first kappa shape index (κ1) is 18.3. The van der Waals surface area contributed by atoms with E-state index in [-0.39, 0.29) is 29.3 Å². The van der Waals surface area contributed by atoms with E-state index in [4.69, 9.17) is 25.4 Å². The number of fused-ring (bicyclic) bond motifs is 1. The van der Waals surface area contributed by atoms with Crippen LogP contribution < -0.4 is 5.32 Å². The molecule has 0 radical (unpaired) electrons. The molecule has 3 heterocycles. The van der Waals surface area contributed by atoms with Crippen LogP contribution in [0.5, 0.6) is 0 Å². The molecule has 2 aromatic carbocycles. The summed E-state index contributed by atoms with van der Waals surface area (Å²) in [6.07, 6.45) is -0.635. The second-order valence-electron chi connectivity index (χ2n) is 6.71. The van der Waals surface area contributed by atoms with Crippen molar-refractivity contribution in [1.82, 2.24) is 10.2 Å². The van der Waals surface area contributed by atoms with Gasteiger partial charge in [0.05, 0.1) is 5.71 Å². The fourth-order valence-corrected chi connectivity index (χ4v) is 3.47. The van der Waals surface area contributed by atoms with Crippen LogP contribution in [0.1, 0.15) is 16.7 Å². The minimum Gasteiger partial charge on any atom is -0.440 e. The van der Waals surface area contributed by atoms with Crippen molar-refractivity contribution in [2.45, 2.75) is 12.6 Å². The second kappa shape index (κ2) is 7.61. The standard InChI is InChI=1S/C22H15ClN4O3/c23-18-11-10-17(29-18)21-26-27-22(30-21)25-20-16(28)12-14-8-4-5-9-15(14)19(24-20)13-6-2-1-3-7-13/h1-11,20H,12H2,(H,25,27). The Kier molecular flexibility index (Phi) is 4.65. The number of hydrogen-bond acceptors (Lipinski definition) is 7. The summed E-state index contributed by atoms with van der Waals surface area (Å²) < 4.78 is 10.9. The van der Waals surface area contributed by atoms with Gasteiger partial charge in [-0.05, 0) is 29.3 Å². The van der Waals surface area contributed by atoms with Crippen molar-refractivity contribution in [2.24, 2.45) is 4.99 Å². The molecule has 5 rings (SSSR count). The monoisotopic (exact) mass is 418 g/mol. The highest BCUT2D eigenvalue weighted by Gasteiger charge is 2.27. The van der Waals surface area contributed by atoms with E-state index < -0.39 is 6.17 Å². The van der Waals surface area contributed by atoms with E-state index >= 15 is 0 Å². The number of ketones is 1. The zero-order valence-corrected chi connectivity index (χ0v) is 16.3.